The molecule has 0 saturated carbocycles. The second-order valence-electron chi connectivity index (χ2n) is 5.50. The van der Waals surface area contributed by atoms with Crippen molar-refractivity contribution in [3.8, 4) is 0 Å². The zero-order valence-corrected chi connectivity index (χ0v) is 12.6. The lowest BCUT2D eigenvalue weighted by Crippen LogP contribution is -2.39. The molecule has 0 radical (unpaired) electrons. The van der Waals surface area contributed by atoms with Crippen LogP contribution in [0, 0.1) is 5.92 Å². The molecule has 2 rings (SSSR count). The number of piperidine rings is 1. The summed E-state index contributed by atoms with van der Waals surface area (Å²) in [7, 11) is -3.29. The third-order valence-corrected chi connectivity index (χ3v) is 5.60. The molecule has 4 heteroatoms. The van der Waals surface area contributed by atoms with Crippen LogP contribution in [0.25, 0.3) is 0 Å². The van der Waals surface area contributed by atoms with Gasteiger partial charge in [0.25, 0.3) is 0 Å². The number of rotatable bonds is 4. The van der Waals surface area contributed by atoms with Gasteiger partial charge in [-0.25, -0.2) is 8.42 Å². The van der Waals surface area contributed by atoms with Crippen molar-refractivity contribution in [2.24, 2.45) is 5.92 Å². The highest BCUT2D eigenvalue weighted by atomic mass is 32.2. The standard InChI is InChI=1S/C15H23NO2S/c1-3-5-14-7-9-15(10-8-14)19(17,18)16-11-4-6-13(2)12-16/h7-10,13H,3-6,11-12H2,1-2H3/t13-/m0/s1. The van der Waals surface area contributed by atoms with Crippen molar-refractivity contribution >= 4 is 10.0 Å². The van der Waals surface area contributed by atoms with Gasteiger partial charge in [-0.2, -0.15) is 4.31 Å². The Hall–Kier alpha value is -0.870. The Bertz CT molecular complexity index is 507. The quantitative estimate of drug-likeness (QED) is 0.850. The predicted molar refractivity (Wildman–Crippen MR) is 77.6 cm³/mol. The fourth-order valence-corrected chi connectivity index (χ4v) is 4.23. The molecule has 0 bridgehead atoms. The molecule has 0 amide bonds. The number of aryl methyl sites for hydroxylation is 1. The van der Waals surface area contributed by atoms with Crippen LogP contribution in [0.4, 0.5) is 0 Å². The lowest BCUT2D eigenvalue weighted by molar-refractivity contribution is 0.281. The van der Waals surface area contributed by atoms with Crippen LogP contribution >= 0.6 is 0 Å². The maximum atomic E-state index is 12.5. The number of hydrogen-bond donors (Lipinski definition) is 0. The van der Waals surface area contributed by atoms with Crippen LogP contribution in [0.1, 0.15) is 38.7 Å². The van der Waals surface area contributed by atoms with Gasteiger partial charge in [0, 0.05) is 13.1 Å². The molecular weight excluding hydrogens is 258 g/mol. The first-order valence-electron chi connectivity index (χ1n) is 7.13. The number of nitrogens with zero attached hydrogens (tertiary/aromatic N) is 1. The van der Waals surface area contributed by atoms with Gasteiger partial charge in [-0.1, -0.05) is 32.4 Å². The summed E-state index contributed by atoms with van der Waals surface area (Å²) in [5.41, 5.74) is 1.20. The van der Waals surface area contributed by atoms with Crippen LogP contribution in [0.15, 0.2) is 29.2 Å². The Morgan fingerprint density at radius 2 is 1.95 bits per heavy atom. The SMILES string of the molecule is CCCc1ccc(S(=O)(=O)N2CCC[C@H](C)C2)cc1. The van der Waals surface area contributed by atoms with E-state index in [1.165, 1.54) is 5.56 Å². The van der Waals surface area contributed by atoms with E-state index < -0.39 is 10.0 Å². The zero-order chi connectivity index (χ0) is 13.9. The maximum Gasteiger partial charge on any atom is 0.243 e. The number of sulfonamides is 1. The Labute approximate surface area is 116 Å². The molecule has 0 spiro atoms. The number of hydrogen-bond acceptors (Lipinski definition) is 2. The molecule has 1 fully saturated rings. The minimum atomic E-state index is -3.29. The molecule has 1 atom stereocenters. The Kier molecular flexibility index (Phi) is 4.63. The topological polar surface area (TPSA) is 37.4 Å². The predicted octanol–water partition coefficient (Wildman–Crippen LogP) is 3.06. The van der Waals surface area contributed by atoms with E-state index in [1.807, 2.05) is 12.1 Å². The zero-order valence-electron chi connectivity index (χ0n) is 11.8. The van der Waals surface area contributed by atoms with Crippen molar-refractivity contribution in [2.75, 3.05) is 13.1 Å². The normalized spacial score (nSPS) is 21.5. The van der Waals surface area contributed by atoms with Crippen LogP contribution in [-0.2, 0) is 16.4 Å². The summed E-state index contributed by atoms with van der Waals surface area (Å²) < 4.78 is 26.7. The van der Waals surface area contributed by atoms with Crippen molar-refractivity contribution in [2.45, 2.75) is 44.4 Å². The first-order valence-corrected chi connectivity index (χ1v) is 8.57. The highest BCUT2D eigenvalue weighted by molar-refractivity contribution is 7.89. The maximum absolute atomic E-state index is 12.5. The Balaban J connectivity index is 2.18. The molecule has 106 valence electrons. The minimum Gasteiger partial charge on any atom is -0.207 e. The second-order valence-corrected chi connectivity index (χ2v) is 7.44. The fourth-order valence-electron chi connectivity index (χ4n) is 2.63. The van der Waals surface area contributed by atoms with E-state index in [9.17, 15) is 8.42 Å². The van der Waals surface area contributed by atoms with Gasteiger partial charge in [0.2, 0.25) is 10.0 Å². The van der Waals surface area contributed by atoms with E-state index in [0.717, 1.165) is 25.7 Å². The monoisotopic (exact) mass is 281 g/mol. The highest BCUT2D eigenvalue weighted by Gasteiger charge is 2.28. The molecule has 3 nitrogen and oxygen atoms in total. The summed E-state index contributed by atoms with van der Waals surface area (Å²) in [6.07, 6.45) is 4.17. The van der Waals surface area contributed by atoms with Gasteiger partial charge in [-0.3, -0.25) is 0 Å². The van der Waals surface area contributed by atoms with Crippen LogP contribution in [0.3, 0.4) is 0 Å². The average molecular weight is 281 g/mol. The molecule has 0 aromatic heterocycles. The van der Waals surface area contributed by atoms with Crippen LogP contribution in [0.5, 0.6) is 0 Å². The van der Waals surface area contributed by atoms with E-state index in [1.54, 1.807) is 16.4 Å². The highest BCUT2D eigenvalue weighted by Crippen LogP contribution is 2.23. The molecule has 1 heterocycles. The van der Waals surface area contributed by atoms with E-state index in [4.69, 9.17) is 0 Å². The van der Waals surface area contributed by atoms with E-state index >= 15 is 0 Å². The van der Waals surface area contributed by atoms with E-state index in [0.29, 0.717) is 23.9 Å². The molecule has 19 heavy (non-hydrogen) atoms. The second kappa shape index (κ2) is 6.06. The van der Waals surface area contributed by atoms with Crippen molar-refractivity contribution in [3.63, 3.8) is 0 Å². The molecular formula is C15H23NO2S. The molecule has 1 saturated heterocycles. The van der Waals surface area contributed by atoms with Gasteiger partial charge >= 0.3 is 0 Å². The van der Waals surface area contributed by atoms with Gasteiger partial charge in [-0.15, -0.1) is 0 Å². The molecule has 1 aliphatic heterocycles. The first kappa shape index (κ1) is 14.5. The van der Waals surface area contributed by atoms with Gasteiger partial charge in [0.15, 0.2) is 0 Å². The number of benzene rings is 1. The summed E-state index contributed by atoms with van der Waals surface area (Å²) in [6, 6.07) is 7.37. The molecule has 1 aromatic rings. The van der Waals surface area contributed by atoms with Crippen molar-refractivity contribution < 1.29 is 8.42 Å². The van der Waals surface area contributed by atoms with Gasteiger partial charge in [0.1, 0.15) is 0 Å². The van der Waals surface area contributed by atoms with Gasteiger partial charge < -0.3 is 0 Å². The summed E-state index contributed by atoms with van der Waals surface area (Å²) in [5, 5.41) is 0. The molecule has 1 aliphatic rings. The van der Waals surface area contributed by atoms with E-state index in [2.05, 4.69) is 13.8 Å². The van der Waals surface area contributed by atoms with Crippen LogP contribution < -0.4 is 0 Å². The smallest absolute Gasteiger partial charge is 0.207 e. The van der Waals surface area contributed by atoms with Crippen LogP contribution in [0.2, 0.25) is 0 Å². The van der Waals surface area contributed by atoms with Crippen molar-refractivity contribution in [3.05, 3.63) is 29.8 Å². The van der Waals surface area contributed by atoms with Crippen molar-refractivity contribution in [1.29, 1.82) is 0 Å². The lowest BCUT2D eigenvalue weighted by atomic mass is 10.0. The largest absolute Gasteiger partial charge is 0.243 e. The molecule has 0 N–H and O–H groups in total. The summed E-state index contributed by atoms with van der Waals surface area (Å²) in [4.78, 5) is 0.432. The first-order chi connectivity index (χ1) is 9.04. The Morgan fingerprint density at radius 1 is 1.26 bits per heavy atom. The van der Waals surface area contributed by atoms with Crippen LogP contribution in [-0.4, -0.2) is 25.8 Å². The average Bonchev–Trinajstić information content (AvgIpc) is 2.40. The third kappa shape index (κ3) is 3.37. The van der Waals surface area contributed by atoms with Gasteiger partial charge in [-0.05, 0) is 42.9 Å². The molecule has 0 aliphatic carbocycles. The fraction of sp³-hybridized carbons (Fsp3) is 0.600. The Morgan fingerprint density at radius 3 is 2.53 bits per heavy atom. The minimum absolute atomic E-state index is 0.432. The van der Waals surface area contributed by atoms with Gasteiger partial charge in [0.05, 0.1) is 4.90 Å². The third-order valence-electron chi connectivity index (χ3n) is 3.72. The molecule has 0 unspecified atom stereocenters. The van der Waals surface area contributed by atoms with E-state index in [-0.39, 0.29) is 0 Å². The summed E-state index contributed by atoms with van der Waals surface area (Å²) in [6.45, 7) is 5.55. The molecule has 1 aromatic carbocycles. The summed E-state index contributed by atoms with van der Waals surface area (Å²) in [5.74, 6) is 0.461. The van der Waals surface area contributed by atoms with Crippen molar-refractivity contribution in [1.82, 2.24) is 4.31 Å². The summed E-state index contributed by atoms with van der Waals surface area (Å²) >= 11 is 0. The lowest BCUT2D eigenvalue weighted by Gasteiger charge is -2.30.